The van der Waals surface area contributed by atoms with Crippen molar-refractivity contribution in [1.29, 1.82) is 0 Å². The average molecular weight is 562 g/mol. The van der Waals surface area contributed by atoms with Crippen LogP contribution in [0, 0.1) is 25.6 Å². The molecule has 1 aliphatic heterocycles. The molecule has 3 aromatic rings. The normalized spacial score (nSPS) is 16.6. The van der Waals surface area contributed by atoms with Crippen molar-refractivity contribution >= 4 is 11.9 Å². The fourth-order valence-corrected chi connectivity index (χ4v) is 5.10. The highest BCUT2D eigenvalue weighted by molar-refractivity contribution is 5.95. The van der Waals surface area contributed by atoms with Crippen molar-refractivity contribution in [3.63, 3.8) is 0 Å². The van der Waals surface area contributed by atoms with E-state index in [-0.39, 0.29) is 12.1 Å². The molecule has 2 heterocycles. The molecule has 1 fully saturated rings. The third-order valence-electron chi connectivity index (χ3n) is 7.09. The number of carboxylic acid groups (broad SMARTS) is 1. The number of rotatable bonds is 8. The number of nitrogens with zero attached hydrogens (tertiary/aromatic N) is 3. The van der Waals surface area contributed by atoms with E-state index in [2.05, 4.69) is 5.10 Å². The van der Waals surface area contributed by atoms with Crippen LogP contribution in [0.15, 0.2) is 42.7 Å². The van der Waals surface area contributed by atoms with Crippen molar-refractivity contribution in [2.45, 2.75) is 58.7 Å². The predicted octanol–water partition coefficient (Wildman–Crippen LogP) is 6.50. The Labute approximate surface area is 229 Å². The molecule has 0 bridgehead atoms. The van der Waals surface area contributed by atoms with Crippen LogP contribution in [0.4, 0.5) is 17.6 Å². The van der Waals surface area contributed by atoms with Gasteiger partial charge in [-0.2, -0.15) is 18.3 Å². The number of halogens is 4. The molecule has 1 amide bonds. The van der Waals surface area contributed by atoms with Gasteiger partial charge in [-0.15, -0.1) is 0 Å². The van der Waals surface area contributed by atoms with E-state index in [1.807, 2.05) is 6.92 Å². The Morgan fingerprint density at radius 1 is 1.18 bits per heavy atom. The van der Waals surface area contributed by atoms with Gasteiger partial charge in [0.1, 0.15) is 17.7 Å². The highest BCUT2D eigenvalue weighted by Crippen LogP contribution is 2.33. The maximum atomic E-state index is 15.2. The Morgan fingerprint density at radius 3 is 2.45 bits per heavy atom. The van der Waals surface area contributed by atoms with E-state index in [0.717, 1.165) is 18.8 Å². The molecule has 1 aliphatic rings. The highest BCUT2D eigenvalue weighted by atomic mass is 19.4. The van der Waals surface area contributed by atoms with E-state index in [0.29, 0.717) is 53.9 Å². The van der Waals surface area contributed by atoms with Gasteiger partial charge in [0.2, 0.25) is 0 Å². The summed E-state index contributed by atoms with van der Waals surface area (Å²) < 4.78 is 61.8. The molecule has 1 unspecified atom stereocenters. The highest BCUT2D eigenvalue weighted by Gasteiger charge is 2.33. The zero-order chi connectivity index (χ0) is 29.2. The zero-order valence-corrected chi connectivity index (χ0v) is 22.5. The summed E-state index contributed by atoms with van der Waals surface area (Å²) in [6, 6.07) is 7.69. The van der Waals surface area contributed by atoms with Crippen molar-refractivity contribution in [3.05, 3.63) is 76.4 Å². The van der Waals surface area contributed by atoms with Crippen molar-refractivity contribution < 1.29 is 37.0 Å². The first kappa shape index (κ1) is 29.1. The first-order valence-electron chi connectivity index (χ1n) is 13.1. The SMILES string of the molecule is CCC[C@H](Oc1cc(C)c(-n2cc(C(F)(F)F)cn2)c(C)c1)c1ccc(C(=O)N2CCCC(C(=O)O)C2)c(F)c1. The predicted molar refractivity (Wildman–Crippen MR) is 139 cm³/mol. The smallest absolute Gasteiger partial charge is 0.419 e. The monoisotopic (exact) mass is 561 g/mol. The van der Waals surface area contributed by atoms with Crippen LogP contribution in [0.25, 0.3) is 5.69 Å². The summed E-state index contributed by atoms with van der Waals surface area (Å²) >= 11 is 0. The van der Waals surface area contributed by atoms with Gasteiger partial charge in [0.15, 0.2) is 0 Å². The summed E-state index contributed by atoms with van der Waals surface area (Å²) in [4.78, 5) is 25.7. The fourth-order valence-electron chi connectivity index (χ4n) is 5.10. The second-order valence-electron chi connectivity index (χ2n) is 10.1. The lowest BCUT2D eigenvalue weighted by molar-refractivity contribution is -0.143. The number of alkyl halides is 3. The van der Waals surface area contributed by atoms with Crippen LogP contribution in [0.2, 0.25) is 0 Å². The van der Waals surface area contributed by atoms with Crippen LogP contribution >= 0.6 is 0 Å². The fraction of sp³-hybridized carbons (Fsp3) is 0.414. The van der Waals surface area contributed by atoms with Crippen LogP contribution < -0.4 is 4.74 Å². The molecule has 0 radical (unpaired) electrons. The van der Waals surface area contributed by atoms with E-state index in [4.69, 9.17) is 4.74 Å². The standard InChI is InChI=1S/C29H31F4N3O4/c1-4-6-25(19-8-9-23(24(30)13-19)27(37)35-10-5-7-20(15-35)28(38)39)40-22-11-17(2)26(18(3)12-22)36-16-21(14-34-36)29(31,32)33/h8-9,11-14,16,20,25H,4-7,10,15H2,1-3H3,(H,38,39)/t20?,25-/m0/s1. The number of ether oxygens (including phenoxy) is 1. The lowest BCUT2D eigenvalue weighted by Gasteiger charge is -2.31. The number of piperidine rings is 1. The maximum Gasteiger partial charge on any atom is 0.419 e. The van der Waals surface area contributed by atoms with Gasteiger partial charge in [-0.05, 0) is 74.1 Å². The van der Waals surface area contributed by atoms with E-state index in [9.17, 15) is 27.9 Å². The zero-order valence-electron chi connectivity index (χ0n) is 22.5. The third kappa shape index (κ3) is 6.29. The minimum atomic E-state index is -4.50. The molecule has 0 aliphatic carbocycles. The summed E-state index contributed by atoms with van der Waals surface area (Å²) in [5.41, 5.74) is 1.36. The third-order valence-corrected chi connectivity index (χ3v) is 7.09. The molecule has 214 valence electrons. The number of aliphatic carboxylic acids is 1. The molecule has 40 heavy (non-hydrogen) atoms. The summed E-state index contributed by atoms with van der Waals surface area (Å²) in [6.07, 6.45) is -1.04. The lowest BCUT2D eigenvalue weighted by atomic mass is 9.97. The molecule has 2 atom stereocenters. The first-order valence-corrected chi connectivity index (χ1v) is 13.1. The largest absolute Gasteiger partial charge is 0.486 e. The minimum Gasteiger partial charge on any atom is -0.486 e. The molecule has 1 saturated heterocycles. The number of carbonyl (C=O) groups is 2. The molecule has 11 heteroatoms. The second-order valence-corrected chi connectivity index (χ2v) is 10.1. The van der Waals surface area contributed by atoms with Gasteiger partial charge in [-0.1, -0.05) is 19.4 Å². The Morgan fingerprint density at radius 2 is 1.88 bits per heavy atom. The number of carboxylic acids is 1. The Balaban J connectivity index is 1.55. The molecule has 0 spiro atoms. The molecular weight excluding hydrogens is 530 g/mol. The van der Waals surface area contributed by atoms with Crippen LogP contribution in [0.1, 0.15) is 71.3 Å². The van der Waals surface area contributed by atoms with Crippen LogP contribution in [0.5, 0.6) is 5.75 Å². The Hall–Kier alpha value is -3.89. The van der Waals surface area contributed by atoms with E-state index < -0.39 is 41.5 Å². The average Bonchev–Trinajstić information content (AvgIpc) is 3.38. The number of aromatic nitrogens is 2. The Bertz CT molecular complexity index is 1380. The van der Waals surface area contributed by atoms with Gasteiger partial charge >= 0.3 is 12.1 Å². The molecule has 4 rings (SSSR count). The van der Waals surface area contributed by atoms with Crippen molar-refractivity contribution in [2.24, 2.45) is 5.92 Å². The molecule has 2 aromatic carbocycles. The van der Waals surface area contributed by atoms with Gasteiger partial charge in [0, 0.05) is 19.3 Å². The maximum absolute atomic E-state index is 15.2. The number of likely N-dealkylation sites (tertiary alicyclic amines) is 1. The number of benzene rings is 2. The number of hydrogen-bond donors (Lipinski definition) is 1. The molecule has 7 nitrogen and oxygen atoms in total. The van der Waals surface area contributed by atoms with Crippen LogP contribution in [-0.2, 0) is 11.0 Å². The number of carbonyl (C=O) groups excluding carboxylic acids is 1. The summed E-state index contributed by atoms with van der Waals surface area (Å²) in [5.74, 6) is -2.43. The molecule has 1 aromatic heterocycles. The van der Waals surface area contributed by atoms with Gasteiger partial charge in [0.25, 0.3) is 5.91 Å². The van der Waals surface area contributed by atoms with Gasteiger partial charge in [-0.25, -0.2) is 9.07 Å². The number of aryl methyl sites for hydroxylation is 2. The minimum absolute atomic E-state index is 0.0433. The number of amides is 1. The van der Waals surface area contributed by atoms with E-state index >= 15 is 4.39 Å². The quantitative estimate of drug-likeness (QED) is 0.317. The van der Waals surface area contributed by atoms with Gasteiger partial charge < -0.3 is 14.7 Å². The summed E-state index contributed by atoms with van der Waals surface area (Å²) in [6.45, 7) is 5.86. The van der Waals surface area contributed by atoms with Crippen LogP contribution in [0.3, 0.4) is 0 Å². The molecular formula is C29H31F4N3O4. The van der Waals surface area contributed by atoms with Crippen molar-refractivity contribution in [1.82, 2.24) is 14.7 Å². The Kier molecular flexibility index (Phi) is 8.51. The van der Waals surface area contributed by atoms with Gasteiger partial charge in [-0.3, -0.25) is 9.59 Å². The second kappa shape index (κ2) is 11.7. The summed E-state index contributed by atoms with van der Waals surface area (Å²) in [5, 5.41) is 13.2. The van der Waals surface area contributed by atoms with Gasteiger partial charge in [0.05, 0.1) is 28.9 Å². The van der Waals surface area contributed by atoms with Crippen molar-refractivity contribution in [2.75, 3.05) is 13.1 Å². The number of hydrogen-bond acceptors (Lipinski definition) is 4. The molecule has 1 N–H and O–H groups in total. The first-order chi connectivity index (χ1) is 18.9. The summed E-state index contributed by atoms with van der Waals surface area (Å²) in [7, 11) is 0. The van der Waals surface area contributed by atoms with E-state index in [1.165, 1.54) is 21.7 Å². The topological polar surface area (TPSA) is 84.7 Å². The lowest BCUT2D eigenvalue weighted by Crippen LogP contribution is -2.42. The molecule has 0 saturated carbocycles. The van der Waals surface area contributed by atoms with Crippen molar-refractivity contribution in [3.8, 4) is 11.4 Å². The van der Waals surface area contributed by atoms with Crippen LogP contribution in [-0.4, -0.2) is 44.8 Å². The van der Waals surface area contributed by atoms with E-state index in [1.54, 1.807) is 32.0 Å².